The van der Waals surface area contributed by atoms with Gasteiger partial charge in [0.2, 0.25) is 0 Å². The van der Waals surface area contributed by atoms with Gasteiger partial charge < -0.3 is 16.4 Å². The van der Waals surface area contributed by atoms with Crippen LogP contribution in [0.3, 0.4) is 0 Å². The van der Waals surface area contributed by atoms with Crippen molar-refractivity contribution >= 4 is 11.7 Å². The second kappa shape index (κ2) is 4.71. The number of hydrogen-bond donors (Lipinski definition) is 2. The molecule has 17 heavy (non-hydrogen) atoms. The first-order chi connectivity index (χ1) is 8.13. The molecule has 1 heterocycles. The maximum Gasteiger partial charge on any atom is 0.252 e. The van der Waals surface area contributed by atoms with Crippen molar-refractivity contribution in [1.29, 1.82) is 0 Å². The van der Waals surface area contributed by atoms with Crippen molar-refractivity contribution in [3.63, 3.8) is 0 Å². The first kappa shape index (κ1) is 11.9. The van der Waals surface area contributed by atoms with Crippen LogP contribution in [0, 0.1) is 0 Å². The number of nitrogens with zero attached hydrogens (tertiary/aromatic N) is 2. The number of likely N-dealkylation sites (N-methyl/N-ethyl adjacent to an activating group) is 1. The molecule has 5 nitrogen and oxygen atoms in total. The number of nitrogens with two attached hydrogens (primary N) is 2. The van der Waals surface area contributed by atoms with Crippen LogP contribution in [-0.4, -0.2) is 31.0 Å². The SMILES string of the molecule is CN(CCN)c1nc2c(cc1C(N)=O)CCC2. The number of anilines is 1. The van der Waals surface area contributed by atoms with Gasteiger partial charge in [-0.3, -0.25) is 4.79 Å². The van der Waals surface area contributed by atoms with Crippen molar-refractivity contribution < 1.29 is 4.79 Å². The smallest absolute Gasteiger partial charge is 0.252 e. The molecule has 0 radical (unpaired) electrons. The van der Waals surface area contributed by atoms with Crippen LogP contribution in [0.1, 0.15) is 28.0 Å². The number of pyridine rings is 1. The van der Waals surface area contributed by atoms with E-state index in [4.69, 9.17) is 11.5 Å². The molecule has 1 aromatic heterocycles. The van der Waals surface area contributed by atoms with Crippen LogP contribution >= 0.6 is 0 Å². The lowest BCUT2D eigenvalue weighted by Crippen LogP contribution is -2.29. The summed E-state index contributed by atoms with van der Waals surface area (Å²) in [5.41, 5.74) is 13.7. The third kappa shape index (κ3) is 2.24. The summed E-state index contributed by atoms with van der Waals surface area (Å²) < 4.78 is 0. The summed E-state index contributed by atoms with van der Waals surface area (Å²) in [5, 5.41) is 0. The molecule has 0 fully saturated rings. The molecule has 1 aliphatic carbocycles. The van der Waals surface area contributed by atoms with Gasteiger partial charge >= 0.3 is 0 Å². The zero-order chi connectivity index (χ0) is 12.4. The van der Waals surface area contributed by atoms with Gasteiger partial charge in [0.15, 0.2) is 0 Å². The summed E-state index contributed by atoms with van der Waals surface area (Å²) in [6.07, 6.45) is 3.08. The molecule has 1 aliphatic rings. The summed E-state index contributed by atoms with van der Waals surface area (Å²) in [6.45, 7) is 1.18. The summed E-state index contributed by atoms with van der Waals surface area (Å²) in [7, 11) is 1.88. The Morgan fingerprint density at radius 2 is 2.29 bits per heavy atom. The van der Waals surface area contributed by atoms with Gasteiger partial charge in [0.05, 0.1) is 5.56 Å². The molecule has 5 heteroatoms. The van der Waals surface area contributed by atoms with E-state index < -0.39 is 5.91 Å². The average Bonchev–Trinajstić information content (AvgIpc) is 2.74. The average molecular weight is 234 g/mol. The van der Waals surface area contributed by atoms with E-state index in [9.17, 15) is 4.79 Å². The van der Waals surface area contributed by atoms with Crippen LogP contribution in [0.15, 0.2) is 6.07 Å². The highest BCUT2D eigenvalue weighted by Gasteiger charge is 2.20. The topological polar surface area (TPSA) is 85.2 Å². The number of fused-ring (bicyclic) bond motifs is 1. The van der Waals surface area contributed by atoms with E-state index in [2.05, 4.69) is 4.98 Å². The van der Waals surface area contributed by atoms with E-state index in [1.807, 2.05) is 18.0 Å². The maximum absolute atomic E-state index is 11.5. The standard InChI is InChI=1S/C12H18N4O/c1-16(6-5-13)12-9(11(14)17)7-8-3-2-4-10(8)15-12/h7H,2-6,13H2,1H3,(H2,14,17). The molecule has 0 atom stereocenters. The normalized spacial score (nSPS) is 13.5. The zero-order valence-corrected chi connectivity index (χ0v) is 10.1. The van der Waals surface area contributed by atoms with Crippen LogP contribution in [0.2, 0.25) is 0 Å². The van der Waals surface area contributed by atoms with Crippen LogP contribution in [0.5, 0.6) is 0 Å². The Morgan fingerprint density at radius 1 is 1.53 bits per heavy atom. The highest BCUT2D eigenvalue weighted by molar-refractivity contribution is 5.98. The Bertz CT molecular complexity index is 444. The molecule has 1 aromatic rings. The first-order valence-electron chi connectivity index (χ1n) is 5.87. The quantitative estimate of drug-likeness (QED) is 0.771. The van der Waals surface area contributed by atoms with E-state index in [1.54, 1.807) is 0 Å². The molecule has 0 aromatic carbocycles. The van der Waals surface area contributed by atoms with Gasteiger partial charge in [-0.15, -0.1) is 0 Å². The van der Waals surface area contributed by atoms with E-state index in [1.165, 1.54) is 0 Å². The van der Waals surface area contributed by atoms with Gasteiger partial charge in [-0.2, -0.15) is 0 Å². The number of amides is 1. The largest absolute Gasteiger partial charge is 0.365 e. The fourth-order valence-electron chi connectivity index (χ4n) is 2.23. The van der Waals surface area contributed by atoms with Crippen molar-refractivity contribution in [2.75, 3.05) is 25.0 Å². The predicted octanol–water partition coefficient (Wildman–Crippen LogP) is 0.0641. The summed E-state index contributed by atoms with van der Waals surface area (Å²) >= 11 is 0. The van der Waals surface area contributed by atoms with Crippen molar-refractivity contribution in [1.82, 2.24) is 4.98 Å². The van der Waals surface area contributed by atoms with Crippen molar-refractivity contribution in [2.45, 2.75) is 19.3 Å². The lowest BCUT2D eigenvalue weighted by atomic mass is 10.1. The fourth-order valence-corrected chi connectivity index (χ4v) is 2.23. The van der Waals surface area contributed by atoms with Gasteiger partial charge in [-0.25, -0.2) is 4.98 Å². The number of carbonyl (C=O) groups excluding carboxylic acids is 1. The van der Waals surface area contributed by atoms with Crippen molar-refractivity contribution in [2.24, 2.45) is 11.5 Å². The monoisotopic (exact) mass is 234 g/mol. The van der Waals surface area contributed by atoms with Crippen LogP contribution < -0.4 is 16.4 Å². The van der Waals surface area contributed by atoms with E-state index in [0.29, 0.717) is 24.5 Å². The molecule has 0 saturated heterocycles. The van der Waals surface area contributed by atoms with Gasteiger partial charge in [0.25, 0.3) is 5.91 Å². The molecule has 0 saturated carbocycles. The van der Waals surface area contributed by atoms with E-state index in [-0.39, 0.29) is 0 Å². The molecule has 92 valence electrons. The zero-order valence-electron chi connectivity index (χ0n) is 10.1. The second-order valence-corrected chi connectivity index (χ2v) is 4.39. The Hall–Kier alpha value is -1.62. The van der Waals surface area contributed by atoms with E-state index >= 15 is 0 Å². The highest BCUT2D eigenvalue weighted by Crippen LogP contribution is 2.26. The van der Waals surface area contributed by atoms with Crippen LogP contribution in [0.4, 0.5) is 5.82 Å². The number of hydrogen-bond acceptors (Lipinski definition) is 4. The number of aryl methyl sites for hydroxylation is 2. The van der Waals surface area contributed by atoms with Gasteiger partial charge in [0, 0.05) is 25.8 Å². The number of carbonyl (C=O) groups is 1. The van der Waals surface area contributed by atoms with Gasteiger partial charge in [0.1, 0.15) is 5.82 Å². The lowest BCUT2D eigenvalue weighted by molar-refractivity contribution is 0.100. The third-order valence-electron chi connectivity index (χ3n) is 3.12. The van der Waals surface area contributed by atoms with Gasteiger partial charge in [-0.05, 0) is 30.9 Å². The Labute approximate surface area is 101 Å². The fraction of sp³-hybridized carbons (Fsp3) is 0.500. The molecule has 0 spiro atoms. The summed E-state index contributed by atoms with van der Waals surface area (Å²) in [4.78, 5) is 17.9. The number of rotatable bonds is 4. The third-order valence-corrected chi connectivity index (χ3v) is 3.12. The Balaban J connectivity index is 2.45. The molecule has 4 N–H and O–H groups in total. The second-order valence-electron chi connectivity index (χ2n) is 4.39. The molecule has 2 rings (SSSR count). The Kier molecular flexibility index (Phi) is 3.28. The molecule has 0 unspecified atom stereocenters. The first-order valence-corrected chi connectivity index (χ1v) is 5.87. The van der Waals surface area contributed by atoms with Crippen LogP contribution in [-0.2, 0) is 12.8 Å². The molecule has 0 aliphatic heterocycles. The highest BCUT2D eigenvalue weighted by atomic mass is 16.1. The predicted molar refractivity (Wildman–Crippen MR) is 67.1 cm³/mol. The van der Waals surface area contributed by atoms with Gasteiger partial charge in [-0.1, -0.05) is 0 Å². The van der Waals surface area contributed by atoms with Crippen LogP contribution in [0.25, 0.3) is 0 Å². The van der Waals surface area contributed by atoms with E-state index in [0.717, 1.165) is 30.5 Å². The molecular formula is C12H18N4O. The number of primary amides is 1. The minimum atomic E-state index is -0.425. The lowest BCUT2D eigenvalue weighted by Gasteiger charge is -2.20. The summed E-state index contributed by atoms with van der Waals surface area (Å²) in [5.74, 6) is 0.231. The van der Waals surface area contributed by atoms with Crippen molar-refractivity contribution in [3.8, 4) is 0 Å². The minimum absolute atomic E-state index is 0.425. The number of aromatic nitrogens is 1. The summed E-state index contributed by atoms with van der Waals surface area (Å²) in [6, 6.07) is 1.89. The Morgan fingerprint density at radius 3 is 2.94 bits per heavy atom. The maximum atomic E-state index is 11.5. The molecule has 1 amide bonds. The molecular weight excluding hydrogens is 216 g/mol. The molecule has 0 bridgehead atoms. The van der Waals surface area contributed by atoms with Crippen molar-refractivity contribution in [3.05, 3.63) is 22.9 Å². The minimum Gasteiger partial charge on any atom is -0.365 e.